The van der Waals surface area contributed by atoms with Crippen molar-refractivity contribution in [2.24, 2.45) is 5.73 Å². The van der Waals surface area contributed by atoms with Gasteiger partial charge in [-0.25, -0.2) is 8.78 Å². The lowest BCUT2D eigenvalue weighted by molar-refractivity contribution is 0.128. The first-order chi connectivity index (χ1) is 8.60. The zero-order chi connectivity index (χ0) is 13.1. The first-order valence-electron chi connectivity index (χ1n) is 6.21. The number of benzene rings is 1. The number of hydrogen-bond acceptors (Lipinski definition) is 1. The van der Waals surface area contributed by atoms with Gasteiger partial charge in [-0.1, -0.05) is 13.0 Å². The summed E-state index contributed by atoms with van der Waals surface area (Å²) < 4.78 is 26.4. The summed E-state index contributed by atoms with van der Waals surface area (Å²) in [7, 11) is 0. The molecule has 0 aliphatic carbocycles. The molecular formula is C14H18F2N2. The molecule has 0 saturated carbocycles. The predicted molar refractivity (Wildman–Crippen MR) is 69.9 cm³/mol. The van der Waals surface area contributed by atoms with Crippen LogP contribution in [0.4, 0.5) is 8.78 Å². The van der Waals surface area contributed by atoms with E-state index in [1.807, 2.05) is 24.3 Å². The summed E-state index contributed by atoms with van der Waals surface area (Å²) >= 11 is 0. The molecule has 0 aliphatic heterocycles. The van der Waals surface area contributed by atoms with Crippen LogP contribution in [0.2, 0.25) is 0 Å². The maximum atomic E-state index is 12.4. The Kier molecular flexibility index (Phi) is 3.97. The molecule has 1 atom stereocenters. The van der Waals surface area contributed by atoms with Crippen molar-refractivity contribution in [3.05, 3.63) is 36.0 Å². The fourth-order valence-electron chi connectivity index (χ4n) is 2.13. The topological polar surface area (TPSA) is 30.9 Å². The van der Waals surface area contributed by atoms with E-state index in [2.05, 4.69) is 6.92 Å². The maximum Gasteiger partial charge on any atom is 0.256 e. The van der Waals surface area contributed by atoms with Crippen LogP contribution >= 0.6 is 0 Å². The van der Waals surface area contributed by atoms with Crippen LogP contribution < -0.4 is 5.73 Å². The zero-order valence-corrected chi connectivity index (χ0v) is 10.4. The van der Waals surface area contributed by atoms with Crippen LogP contribution in [-0.2, 0) is 13.0 Å². The highest BCUT2D eigenvalue weighted by Gasteiger charge is 2.08. The molecule has 2 N–H and O–H groups in total. The van der Waals surface area contributed by atoms with Gasteiger partial charge in [0.25, 0.3) is 6.43 Å². The van der Waals surface area contributed by atoms with Crippen LogP contribution in [0.25, 0.3) is 10.9 Å². The molecule has 0 fully saturated rings. The smallest absolute Gasteiger partial charge is 0.256 e. The monoisotopic (exact) mass is 252 g/mol. The molecule has 0 bridgehead atoms. The van der Waals surface area contributed by atoms with Crippen molar-refractivity contribution in [2.45, 2.75) is 38.8 Å². The van der Waals surface area contributed by atoms with Gasteiger partial charge in [-0.15, -0.1) is 0 Å². The molecular weight excluding hydrogens is 234 g/mol. The van der Waals surface area contributed by atoms with Gasteiger partial charge < -0.3 is 10.3 Å². The first kappa shape index (κ1) is 13.0. The second kappa shape index (κ2) is 5.48. The van der Waals surface area contributed by atoms with Gasteiger partial charge >= 0.3 is 0 Å². The predicted octanol–water partition coefficient (Wildman–Crippen LogP) is 3.19. The maximum absolute atomic E-state index is 12.4. The van der Waals surface area contributed by atoms with Gasteiger partial charge in [-0.2, -0.15) is 0 Å². The molecule has 0 radical (unpaired) electrons. The first-order valence-corrected chi connectivity index (χ1v) is 6.21. The summed E-state index contributed by atoms with van der Waals surface area (Å²) in [6.07, 6.45) is 1.14. The molecule has 2 nitrogen and oxygen atoms in total. The molecule has 2 aromatic rings. The van der Waals surface area contributed by atoms with Crippen LogP contribution in [0.5, 0.6) is 0 Å². The van der Waals surface area contributed by atoms with Crippen molar-refractivity contribution in [1.29, 1.82) is 0 Å². The quantitative estimate of drug-likeness (QED) is 0.870. The van der Waals surface area contributed by atoms with E-state index >= 15 is 0 Å². The van der Waals surface area contributed by atoms with E-state index in [1.165, 1.54) is 0 Å². The summed E-state index contributed by atoms with van der Waals surface area (Å²) in [4.78, 5) is 0. The van der Waals surface area contributed by atoms with Gasteiger partial charge in [0.1, 0.15) is 0 Å². The largest absolute Gasteiger partial charge is 0.342 e. The number of aromatic nitrogens is 1. The van der Waals surface area contributed by atoms with Crippen molar-refractivity contribution in [2.75, 3.05) is 0 Å². The Bertz CT molecular complexity index is 519. The lowest BCUT2D eigenvalue weighted by Crippen LogP contribution is -2.21. The van der Waals surface area contributed by atoms with E-state index in [0.29, 0.717) is 0 Å². The van der Waals surface area contributed by atoms with E-state index in [-0.39, 0.29) is 12.6 Å². The van der Waals surface area contributed by atoms with E-state index in [1.54, 1.807) is 10.8 Å². The minimum absolute atomic E-state index is 0.158. The Morgan fingerprint density at radius 1 is 1.28 bits per heavy atom. The van der Waals surface area contributed by atoms with Gasteiger partial charge in [-0.05, 0) is 42.0 Å². The number of halogens is 2. The Hall–Kier alpha value is -1.42. The minimum atomic E-state index is -2.33. The number of nitrogens with zero attached hydrogens (tertiary/aromatic N) is 1. The van der Waals surface area contributed by atoms with E-state index in [4.69, 9.17) is 5.73 Å². The summed E-state index contributed by atoms with van der Waals surface area (Å²) in [6.45, 7) is 1.81. The summed E-state index contributed by atoms with van der Waals surface area (Å²) in [5, 5.41) is 0.997. The van der Waals surface area contributed by atoms with Crippen molar-refractivity contribution in [1.82, 2.24) is 4.57 Å². The van der Waals surface area contributed by atoms with Gasteiger partial charge in [0, 0.05) is 17.8 Å². The highest BCUT2D eigenvalue weighted by atomic mass is 19.3. The van der Waals surface area contributed by atoms with E-state index in [0.717, 1.165) is 29.3 Å². The van der Waals surface area contributed by atoms with Crippen molar-refractivity contribution in [3.63, 3.8) is 0 Å². The van der Waals surface area contributed by atoms with Crippen molar-refractivity contribution >= 4 is 10.9 Å². The summed E-state index contributed by atoms with van der Waals surface area (Å²) in [6, 6.07) is 7.94. The second-order valence-corrected chi connectivity index (χ2v) is 4.62. The number of rotatable bonds is 5. The molecule has 18 heavy (non-hydrogen) atoms. The molecule has 0 spiro atoms. The van der Waals surface area contributed by atoms with Crippen LogP contribution in [-0.4, -0.2) is 17.0 Å². The third-order valence-corrected chi connectivity index (χ3v) is 3.19. The number of fused-ring (bicyclic) bond motifs is 1. The standard InChI is InChI=1S/C14H18F2N2/c1-2-12(17)8-10-3-4-13-11(7-10)5-6-18(13)9-14(15)16/h3-7,12,14H,2,8-9,17H2,1H3. The number of hydrogen-bond donors (Lipinski definition) is 1. The Balaban J connectivity index is 2.25. The molecule has 4 heteroatoms. The van der Waals surface area contributed by atoms with Crippen LogP contribution in [0.1, 0.15) is 18.9 Å². The second-order valence-electron chi connectivity index (χ2n) is 4.62. The SMILES string of the molecule is CCC(N)Cc1ccc2c(ccn2CC(F)F)c1. The molecule has 0 amide bonds. The Morgan fingerprint density at radius 3 is 2.72 bits per heavy atom. The molecule has 1 aromatic heterocycles. The highest BCUT2D eigenvalue weighted by molar-refractivity contribution is 5.80. The average Bonchev–Trinajstić information content (AvgIpc) is 2.71. The van der Waals surface area contributed by atoms with E-state index in [9.17, 15) is 8.78 Å². The average molecular weight is 252 g/mol. The van der Waals surface area contributed by atoms with Crippen LogP contribution in [0, 0.1) is 0 Å². The fraction of sp³-hybridized carbons (Fsp3) is 0.429. The lowest BCUT2D eigenvalue weighted by atomic mass is 10.0. The van der Waals surface area contributed by atoms with Gasteiger partial charge in [0.05, 0.1) is 6.54 Å². The van der Waals surface area contributed by atoms with Gasteiger partial charge in [0.15, 0.2) is 0 Å². The summed E-state index contributed by atoms with van der Waals surface area (Å²) in [5.74, 6) is 0. The van der Waals surface area contributed by atoms with Gasteiger partial charge in [-0.3, -0.25) is 0 Å². The minimum Gasteiger partial charge on any atom is -0.342 e. The zero-order valence-electron chi connectivity index (χ0n) is 10.4. The number of alkyl halides is 2. The Morgan fingerprint density at radius 2 is 2.06 bits per heavy atom. The molecule has 1 unspecified atom stereocenters. The van der Waals surface area contributed by atoms with Crippen LogP contribution in [0.3, 0.4) is 0 Å². The lowest BCUT2D eigenvalue weighted by Gasteiger charge is -2.09. The normalized spacial score (nSPS) is 13.4. The van der Waals surface area contributed by atoms with Crippen molar-refractivity contribution < 1.29 is 8.78 Å². The summed E-state index contributed by atoms with van der Waals surface area (Å²) in [5.41, 5.74) is 7.93. The molecule has 1 heterocycles. The highest BCUT2D eigenvalue weighted by Crippen LogP contribution is 2.19. The van der Waals surface area contributed by atoms with E-state index < -0.39 is 6.43 Å². The third kappa shape index (κ3) is 2.88. The number of nitrogens with two attached hydrogens (primary N) is 1. The molecule has 0 saturated heterocycles. The Labute approximate surface area is 105 Å². The molecule has 98 valence electrons. The molecule has 0 aliphatic rings. The van der Waals surface area contributed by atoms with Gasteiger partial charge in [0.2, 0.25) is 0 Å². The molecule has 2 rings (SSSR count). The molecule has 1 aromatic carbocycles. The third-order valence-electron chi connectivity index (χ3n) is 3.19. The van der Waals surface area contributed by atoms with Crippen molar-refractivity contribution in [3.8, 4) is 0 Å². The fourth-order valence-corrected chi connectivity index (χ4v) is 2.13. The van der Waals surface area contributed by atoms with Crippen LogP contribution in [0.15, 0.2) is 30.5 Å².